The maximum absolute atomic E-state index is 4.48. The Morgan fingerprint density at radius 3 is 2.25 bits per heavy atom. The van der Waals surface area contributed by atoms with E-state index in [1.807, 2.05) is 12.4 Å². The number of pyridine rings is 1. The molecule has 1 fully saturated rings. The van der Waals surface area contributed by atoms with E-state index in [4.69, 9.17) is 0 Å². The molecule has 1 unspecified atom stereocenters. The highest BCUT2D eigenvalue weighted by atomic mass is 15.2. The molecule has 0 amide bonds. The van der Waals surface area contributed by atoms with Crippen molar-refractivity contribution < 1.29 is 0 Å². The van der Waals surface area contributed by atoms with E-state index in [0.29, 0.717) is 12.0 Å². The van der Waals surface area contributed by atoms with Gasteiger partial charge in [0.1, 0.15) is 0 Å². The van der Waals surface area contributed by atoms with Gasteiger partial charge in [-0.05, 0) is 36.5 Å². The molecule has 5 nitrogen and oxygen atoms in total. The lowest BCUT2D eigenvalue weighted by molar-refractivity contribution is 0.179. The Morgan fingerprint density at radius 1 is 0.812 bits per heavy atom. The van der Waals surface area contributed by atoms with Crippen LogP contribution in [0.25, 0.3) is 21.9 Å². The number of hydrogen-bond acceptors (Lipinski definition) is 3. The fraction of sp³-hybridized carbons (Fsp3) is 0.259. The summed E-state index contributed by atoms with van der Waals surface area (Å²) in [5.74, 6) is 0.503. The minimum atomic E-state index is 0.503. The summed E-state index contributed by atoms with van der Waals surface area (Å²) in [5, 5.41) is 9.23. The predicted octanol–water partition coefficient (Wildman–Crippen LogP) is 5.78. The summed E-state index contributed by atoms with van der Waals surface area (Å²) >= 11 is 0. The number of aromatic nitrogens is 4. The van der Waals surface area contributed by atoms with Gasteiger partial charge in [0, 0.05) is 47.7 Å². The van der Waals surface area contributed by atoms with Crippen molar-refractivity contribution in [3.05, 3.63) is 95.9 Å². The molecular weight excluding hydrogens is 394 g/mol. The van der Waals surface area contributed by atoms with Gasteiger partial charge < -0.3 is 5.10 Å². The molecule has 0 spiro atoms. The minimum Gasteiger partial charge on any atom is -0.304 e. The lowest BCUT2D eigenvalue weighted by Crippen LogP contribution is -2.32. The zero-order valence-electron chi connectivity index (χ0n) is 18.0. The molecule has 3 aromatic heterocycles. The first-order valence-electron chi connectivity index (χ1n) is 11.5. The van der Waals surface area contributed by atoms with Crippen LogP contribution in [-0.4, -0.2) is 31.1 Å². The van der Waals surface area contributed by atoms with Gasteiger partial charge in [0.25, 0.3) is 0 Å². The topological polar surface area (TPSA) is 60.6 Å². The summed E-state index contributed by atoms with van der Waals surface area (Å²) in [7, 11) is 0. The first kappa shape index (κ1) is 19.3. The van der Waals surface area contributed by atoms with E-state index >= 15 is 0 Å². The monoisotopic (exact) mass is 421 g/mol. The summed E-state index contributed by atoms with van der Waals surface area (Å²) < 4.78 is 0. The molecule has 5 heteroatoms. The minimum absolute atomic E-state index is 0.503. The standard InChI is InChI=1S/C27H27N5/c1-3-7-19(8-4-1)17-32(18-20-9-5-2-6-10-20)22-12-11-21(15-22)26-25-23-13-14-28-27(23)29-16-24(25)30-31-26/h1-10,13-14,16,21-22,30-31H,11-12,15,17-18H2/t21-,22?/m1/s1. The number of hydrogen-bond donors (Lipinski definition) is 2. The van der Waals surface area contributed by atoms with Crippen molar-refractivity contribution in [3.8, 4) is 0 Å². The van der Waals surface area contributed by atoms with E-state index in [1.54, 1.807) is 0 Å². The van der Waals surface area contributed by atoms with Crippen LogP contribution < -0.4 is 0 Å². The molecule has 5 aromatic rings. The van der Waals surface area contributed by atoms with Gasteiger partial charge >= 0.3 is 0 Å². The second kappa shape index (κ2) is 8.24. The van der Waals surface area contributed by atoms with E-state index in [9.17, 15) is 0 Å². The molecule has 32 heavy (non-hydrogen) atoms. The SMILES string of the molecule is c1ccc(CN(Cc2ccccc2)C2CC[C@@H](c3[nH][nH]c4cnc5nccc5c34)C2)cc1. The van der Waals surface area contributed by atoms with Gasteiger partial charge in [0.2, 0.25) is 0 Å². The lowest BCUT2D eigenvalue weighted by atomic mass is 9.99. The van der Waals surface area contributed by atoms with Gasteiger partial charge in [0.05, 0.1) is 11.7 Å². The average molecular weight is 422 g/mol. The van der Waals surface area contributed by atoms with Crippen LogP contribution in [0.4, 0.5) is 0 Å². The van der Waals surface area contributed by atoms with Crippen LogP contribution in [0.5, 0.6) is 0 Å². The Hall–Kier alpha value is -3.44. The van der Waals surface area contributed by atoms with Crippen molar-refractivity contribution in [3.63, 3.8) is 0 Å². The number of nitrogens with one attached hydrogen (secondary N) is 2. The van der Waals surface area contributed by atoms with E-state index in [0.717, 1.165) is 36.1 Å². The van der Waals surface area contributed by atoms with Gasteiger partial charge in [-0.25, -0.2) is 9.97 Å². The van der Waals surface area contributed by atoms with Crippen LogP contribution in [0.3, 0.4) is 0 Å². The second-order valence-electron chi connectivity index (χ2n) is 8.93. The van der Waals surface area contributed by atoms with E-state index in [1.165, 1.54) is 35.0 Å². The van der Waals surface area contributed by atoms with Crippen LogP contribution in [0.2, 0.25) is 0 Å². The van der Waals surface area contributed by atoms with Crippen LogP contribution in [-0.2, 0) is 13.1 Å². The Labute approximate surface area is 187 Å². The number of fused-ring (bicyclic) bond motifs is 3. The fourth-order valence-corrected chi connectivity index (χ4v) is 5.35. The van der Waals surface area contributed by atoms with Crippen molar-refractivity contribution >= 4 is 21.9 Å². The highest BCUT2D eigenvalue weighted by Crippen LogP contribution is 2.41. The van der Waals surface area contributed by atoms with E-state index in [-0.39, 0.29) is 0 Å². The first-order valence-corrected chi connectivity index (χ1v) is 11.5. The highest BCUT2D eigenvalue weighted by Gasteiger charge is 2.32. The van der Waals surface area contributed by atoms with Crippen LogP contribution in [0, 0.1) is 0 Å². The average Bonchev–Trinajstić information content (AvgIpc) is 3.58. The van der Waals surface area contributed by atoms with Crippen molar-refractivity contribution in [2.24, 2.45) is 0 Å². The molecule has 0 saturated heterocycles. The Morgan fingerprint density at radius 2 is 1.53 bits per heavy atom. The normalized spacial score (nSPS) is 18.8. The van der Waals surface area contributed by atoms with Gasteiger partial charge in [-0.1, -0.05) is 60.7 Å². The van der Waals surface area contributed by atoms with Crippen molar-refractivity contribution in [2.75, 3.05) is 0 Å². The van der Waals surface area contributed by atoms with Crippen LogP contribution in [0.1, 0.15) is 42.0 Å². The summed E-state index contributed by atoms with van der Waals surface area (Å²) in [6.45, 7) is 1.96. The van der Waals surface area contributed by atoms with Gasteiger partial charge in [-0.2, -0.15) is 0 Å². The molecule has 160 valence electrons. The summed E-state index contributed by atoms with van der Waals surface area (Å²) in [4.78, 5) is 11.5. The smallest absolute Gasteiger partial charge is 0.159 e. The first-order chi connectivity index (χ1) is 15.8. The maximum Gasteiger partial charge on any atom is 0.159 e. The third kappa shape index (κ3) is 3.59. The van der Waals surface area contributed by atoms with Gasteiger partial charge in [-0.3, -0.25) is 10.00 Å². The van der Waals surface area contributed by atoms with Crippen molar-refractivity contribution in [2.45, 2.75) is 44.3 Å². The molecule has 0 bridgehead atoms. The van der Waals surface area contributed by atoms with E-state index in [2.05, 4.69) is 91.8 Å². The zero-order valence-corrected chi connectivity index (χ0v) is 18.0. The summed E-state index contributed by atoms with van der Waals surface area (Å²) in [5.41, 5.74) is 5.95. The molecule has 3 heterocycles. The Balaban J connectivity index is 1.29. The molecule has 2 aromatic carbocycles. The quantitative estimate of drug-likeness (QED) is 0.365. The number of benzene rings is 2. The zero-order chi connectivity index (χ0) is 21.3. The molecule has 2 N–H and O–H groups in total. The summed E-state index contributed by atoms with van der Waals surface area (Å²) in [6, 6.07) is 24.3. The summed E-state index contributed by atoms with van der Waals surface area (Å²) in [6.07, 6.45) is 7.30. The number of aromatic amines is 2. The van der Waals surface area contributed by atoms with Gasteiger partial charge in [-0.15, -0.1) is 0 Å². The Kier molecular flexibility index (Phi) is 4.96. The second-order valence-corrected chi connectivity index (χ2v) is 8.93. The molecule has 0 radical (unpaired) electrons. The third-order valence-electron chi connectivity index (χ3n) is 6.92. The Bertz CT molecular complexity index is 1280. The molecular formula is C27H27N5. The molecule has 6 rings (SSSR count). The molecule has 1 aliphatic rings. The fourth-order valence-electron chi connectivity index (χ4n) is 5.35. The van der Waals surface area contributed by atoms with Crippen molar-refractivity contribution in [1.29, 1.82) is 0 Å². The molecule has 2 atom stereocenters. The highest BCUT2D eigenvalue weighted by molar-refractivity contribution is 6.04. The van der Waals surface area contributed by atoms with Gasteiger partial charge in [0.15, 0.2) is 5.65 Å². The van der Waals surface area contributed by atoms with E-state index < -0.39 is 0 Å². The van der Waals surface area contributed by atoms with Crippen molar-refractivity contribution in [1.82, 2.24) is 25.1 Å². The number of H-pyrrole nitrogens is 2. The largest absolute Gasteiger partial charge is 0.304 e. The third-order valence-corrected chi connectivity index (χ3v) is 6.92. The number of rotatable bonds is 6. The molecule has 1 saturated carbocycles. The lowest BCUT2D eigenvalue weighted by Gasteiger charge is -2.29. The molecule has 0 aliphatic heterocycles. The number of nitrogens with zero attached hydrogens (tertiary/aromatic N) is 3. The van der Waals surface area contributed by atoms with Crippen LogP contribution in [0.15, 0.2) is 79.1 Å². The maximum atomic E-state index is 4.48. The molecule has 1 aliphatic carbocycles. The predicted molar refractivity (Wildman–Crippen MR) is 128 cm³/mol. The van der Waals surface area contributed by atoms with Crippen LogP contribution >= 0.6 is 0 Å².